The summed E-state index contributed by atoms with van der Waals surface area (Å²) in [7, 11) is 1.61. The van der Waals surface area contributed by atoms with Crippen LogP contribution < -0.4 is 16.0 Å². The van der Waals surface area contributed by atoms with Crippen LogP contribution >= 0.6 is 11.6 Å². The molecule has 37 heavy (non-hydrogen) atoms. The number of alkyl halides is 3. The Balaban J connectivity index is 1.45. The molecule has 1 aromatic carbocycles. The van der Waals surface area contributed by atoms with Gasteiger partial charge in [-0.05, 0) is 62.0 Å². The molecule has 1 aliphatic heterocycles. The number of rotatable bonds is 7. The number of hydrogen-bond acceptors (Lipinski definition) is 7. The summed E-state index contributed by atoms with van der Waals surface area (Å²) in [5.74, 6) is -0.518. The van der Waals surface area contributed by atoms with Gasteiger partial charge in [-0.15, -0.1) is 0 Å². The van der Waals surface area contributed by atoms with Gasteiger partial charge in [0.05, 0.1) is 18.4 Å². The maximum atomic E-state index is 15.1. The van der Waals surface area contributed by atoms with E-state index in [1.54, 1.807) is 13.1 Å². The molecule has 0 bridgehead atoms. The van der Waals surface area contributed by atoms with Crippen molar-refractivity contribution < 1.29 is 22.4 Å². The average molecular weight is 541 g/mol. The normalized spacial score (nSPS) is 15.0. The molecule has 4 N–H and O–H groups in total. The van der Waals surface area contributed by atoms with Crippen LogP contribution in [0.1, 0.15) is 35.6 Å². The molecule has 0 radical (unpaired) electrons. The molecule has 1 amide bonds. The van der Waals surface area contributed by atoms with Gasteiger partial charge in [-0.3, -0.25) is 14.8 Å². The number of benzene rings is 1. The predicted octanol–water partition coefficient (Wildman–Crippen LogP) is 4.73. The summed E-state index contributed by atoms with van der Waals surface area (Å²) in [5.41, 5.74) is 0.900. The van der Waals surface area contributed by atoms with Crippen LogP contribution in [0.4, 0.5) is 40.8 Å². The number of amides is 1. The van der Waals surface area contributed by atoms with E-state index in [9.17, 15) is 18.0 Å². The fourth-order valence-corrected chi connectivity index (χ4v) is 4.34. The molecule has 14 heteroatoms. The third-order valence-electron chi connectivity index (χ3n) is 6.15. The van der Waals surface area contributed by atoms with Crippen molar-refractivity contribution in [3.63, 3.8) is 0 Å². The lowest BCUT2D eigenvalue weighted by Gasteiger charge is -2.32. The fourth-order valence-electron chi connectivity index (χ4n) is 4.20. The van der Waals surface area contributed by atoms with E-state index in [0.29, 0.717) is 6.54 Å². The summed E-state index contributed by atoms with van der Waals surface area (Å²) >= 11 is 6.08. The molecule has 9 nitrogen and oxygen atoms in total. The van der Waals surface area contributed by atoms with Gasteiger partial charge in [0, 0.05) is 13.1 Å². The van der Waals surface area contributed by atoms with Gasteiger partial charge in [0.15, 0.2) is 11.6 Å². The van der Waals surface area contributed by atoms with E-state index < -0.39 is 17.7 Å². The van der Waals surface area contributed by atoms with E-state index in [1.807, 2.05) is 12.0 Å². The summed E-state index contributed by atoms with van der Waals surface area (Å²) < 4.78 is 53.5. The minimum absolute atomic E-state index is 0.00310. The highest BCUT2D eigenvalue weighted by Crippen LogP contribution is 2.34. The average Bonchev–Trinajstić information content (AvgIpc) is 3.33. The molecule has 4 rings (SSSR count). The van der Waals surface area contributed by atoms with Crippen LogP contribution in [0.2, 0.25) is 5.02 Å². The first-order valence-electron chi connectivity index (χ1n) is 11.5. The number of nitrogens with one attached hydrogen (secondary N) is 4. The molecule has 1 aliphatic rings. The third-order valence-corrected chi connectivity index (χ3v) is 6.43. The molecule has 0 spiro atoms. The van der Waals surface area contributed by atoms with Gasteiger partial charge >= 0.3 is 6.18 Å². The largest absolute Gasteiger partial charge is 0.432 e. The van der Waals surface area contributed by atoms with Gasteiger partial charge in [-0.2, -0.15) is 23.3 Å². The number of piperidine rings is 1. The number of aromatic nitrogens is 4. The van der Waals surface area contributed by atoms with Crippen molar-refractivity contribution in [3.05, 3.63) is 52.1 Å². The van der Waals surface area contributed by atoms with Crippen LogP contribution in [-0.4, -0.2) is 57.7 Å². The number of aromatic amines is 1. The number of aryl methyl sites for hydroxylation is 1. The molecule has 1 fully saturated rings. The maximum Gasteiger partial charge on any atom is 0.432 e. The smallest absolute Gasteiger partial charge is 0.358 e. The van der Waals surface area contributed by atoms with Crippen molar-refractivity contribution >= 4 is 40.8 Å². The number of carbonyl (C=O) groups excluding carboxylic acids is 1. The van der Waals surface area contributed by atoms with Crippen molar-refractivity contribution in [1.29, 1.82) is 0 Å². The van der Waals surface area contributed by atoms with Crippen molar-refractivity contribution in [2.45, 2.75) is 31.9 Å². The second-order valence-electron chi connectivity index (χ2n) is 8.72. The monoisotopic (exact) mass is 540 g/mol. The highest BCUT2D eigenvalue weighted by atomic mass is 35.5. The van der Waals surface area contributed by atoms with E-state index in [1.165, 1.54) is 12.3 Å². The SMILES string of the molecule is CNC(=O)CN1CCC(c2cc(F)c(Nc3ncc(Cl)c(Nc4cc(C(F)(F)F)[nH]n4)n3)cc2C)CC1. The minimum Gasteiger partial charge on any atom is -0.358 e. The quantitative estimate of drug-likeness (QED) is 0.321. The Morgan fingerprint density at radius 1 is 1.22 bits per heavy atom. The van der Waals surface area contributed by atoms with Crippen LogP contribution in [0.5, 0.6) is 0 Å². The number of nitrogens with zero attached hydrogens (tertiary/aromatic N) is 4. The number of H-pyrrole nitrogens is 1. The molecule has 1 saturated heterocycles. The van der Waals surface area contributed by atoms with Gasteiger partial charge in [-0.25, -0.2) is 9.37 Å². The molecule has 0 saturated carbocycles. The second kappa shape index (κ2) is 10.9. The molecule has 2 aromatic heterocycles. The molecule has 0 atom stereocenters. The van der Waals surface area contributed by atoms with Crippen molar-refractivity contribution in [2.75, 3.05) is 37.3 Å². The number of halogens is 5. The predicted molar refractivity (Wildman–Crippen MR) is 131 cm³/mol. The number of anilines is 4. The van der Waals surface area contributed by atoms with Crippen molar-refractivity contribution in [3.8, 4) is 0 Å². The van der Waals surface area contributed by atoms with Gasteiger partial charge in [0.1, 0.15) is 16.5 Å². The first kappa shape index (κ1) is 26.6. The highest BCUT2D eigenvalue weighted by Gasteiger charge is 2.33. The molecule has 0 unspecified atom stereocenters. The number of likely N-dealkylation sites (N-methyl/N-ethyl adjacent to an activating group) is 1. The van der Waals surface area contributed by atoms with Crippen molar-refractivity contribution in [2.24, 2.45) is 0 Å². The number of carbonyl (C=O) groups is 1. The molecule has 3 aromatic rings. The zero-order chi connectivity index (χ0) is 26.7. The standard InChI is InChI=1S/C23H25ClF4N8O/c1-12-7-17(16(25)8-14(12)13-3-5-36(6-4-13)11-20(37)29-2)31-22-30-10-15(24)21(33-22)32-19-9-18(34-35-19)23(26,27)28/h7-10,13H,3-6,11H2,1-2H3,(H,29,37)(H3,30,31,32,33,34,35). The Morgan fingerprint density at radius 3 is 2.59 bits per heavy atom. The van der Waals surface area contributed by atoms with E-state index in [2.05, 4.69) is 35.9 Å². The van der Waals surface area contributed by atoms with Crippen LogP contribution in [-0.2, 0) is 11.0 Å². The van der Waals surface area contributed by atoms with E-state index in [-0.39, 0.29) is 40.1 Å². The first-order valence-corrected chi connectivity index (χ1v) is 11.8. The zero-order valence-electron chi connectivity index (χ0n) is 20.0. The van der Waals surface area contributed by atoms with E-state index in [0.717, 1.165) is 43.1 Å². The highest BCUT2D eigenvalue weighted by molar-refractivity contribution is 6.32. The summed E-state index contributed by atoms with van der Waals surface area (Å²) in [6, 6.07) is 3.93. The fraction of sp³-hybridized carbons (Fsp3) is 0.391. The lowest BCUT2D eigenvalue weighted by atomic mass is 9.86. The van der Waals surface area contributed by atoms with Crippen LogP contribution in [0.25, 0.3) is 0 Å². The molecular weight excluding hydrogens is 516 g/mol. The second-order valence-corrected chi connectivity index (χ2v) is 9.12. The van der Waals surface area contributed by atoms with Crippen LogP contribution in [0.3, 0.4) is 0 Å². The Morgan fingerprint density at radius 2 is 1.95 bits per heavy atom. The Bertz CT molecular complexity index is 1270. The molecular formula is C23H25ClF4N8O. The topological polar surface area (TPSA) is 111 Å². The van der Waals surface area contributed by atoms with Gasteiger partial charge in [-0.1, -0.05) is 11.6 Å². The summed E-state index contributed by atoms with van der Waals surface area (Å²) in [6.45, 7) is 3.73. The van der Waals surface area contributed by atoms with Gasteiger partial charge < -0.3 is 16.0 Å². The Kier molecular flexibility index (Phi) is 7.83. The minimum atomic E-state index is -4.58. The van der Waals surface area contributed by atoms with Crippen LogP contribution in [0, 0.1) is 12.7 Å². The number of likely N-dealkylation sites (tertiary alicyclic amines) is 1. The summed E-state index contributed by atoms with van der Waals surface area (Å²) in [4.78, 5) is 21.9. The Labute approximate surface area is 215 Å². The lowest BCUT2D eigenvalue weighted by Crippen LogP contribution is -2.40. The van der Waals surface area contributed by atoms with Crippen molar-refractivity contribution in [1.82, 2.24) is 30.4 Å². The lowest BCUT2D eigenvalue weighted by molar-refractivity contribution is -0.141. The summed E-state index contributed by atoms with van der Waals surface area (Å²) in [5, 5.41) is 13.5. The first-order chi connectivity index (χ1) is 17.5. The zero-order valence-corrected chi connectivity index (χ0v) is 20.8. The molecule has 0 aliphatic carbocycles. The van der Waals surface area contributed by atoms with E-state index >= 15 is 4.39 Å². The van der Waals surface area contributed by atoms with Crippen LogP contribution in [0.15, 0.2) is 24.4 Å². The van der Waals surface area contributed by atoms with Gasteiger partial charge in [0.2, 0.25) is 11.9 Å². The van der Waals surface area contributed by atoms with E-state index in [4.69, 9.17) is 11.6 Å². The maximum absolute atomic E-state index is 15.1. The third kappa shape index (κ3) is 6.46. The molecule has 198 valence electrons. The molecule has 3 heterocycles. The number of hydrogen-bond donors (Lipinski definition) is 4. The Hall–Kier alpha value is -3.45. The van der Waals surface area contributed by atoms with Gasteiger partial charge in [0.25, 0.3) is 0 Å². The summed E-state index contributed by atoms with van der Waals surface area (Å²) in [6.07, 6.45) is -1.73.